The van der Waals surface area contributed by atoms with Gasteiger partial charge >= 0.3 is 6.36 Å². The second-order valence-electron chi connectivity index (χ2n) is 6.44. The second-order valence-corrected chi connectivity index (χ2v) is 6.44. The number of hydrogen-bond acceptors (Lipinski definition) is 4. The maximum Gasteiger partial charge on any atom is 0.573 e. The van der Waals surface area contributed by atoms with Crippen LogP contribution >= 0.6 is 0 Å². The zero-order valence-corrected chi connectivity index (χ0v) is 15.9. The van der Waals surface area contributed by atoms with Gasteiger partial charge in [0.2, 0.25) is 5.91 Å². The van der Waals surface area contributed by atoms with Crippen molar-refractivity contribution in [2.24, 2.45) is 7.05 Å². The first-order valence-corrected chi connectivity index (χ1v) is 8.34. The Hall–Kier alpha value is -2.55. The van der Waals surface area contributed by atoms with Crippen molar-refractivity contribution in [2.45, 2.75) is 39.7 Å². The Balaban J connectivity index is 1.98. The molecule has 1 N–H and O–H groups in total. The third kappa shape index (κ3) is 5.46. The number of hydrogen-bond donors (Lipinski definition) is 1. The van der Waals surface area contributed by atoms with Crippen molar-refractivity contribution in [2.75, 3.05) is 12.4 Å². The van der Waals surface area contributed by atoms with Gasteiger partial charge in [-0.15, -0.1) is 13.2 Å². The fourth-order valence-corrected chi connectivity index (χ4v) is 2.60. The molecule has 0 spiro atoms. The normalized spacial score (nSPS) is 12.9. The van der Waals surface area contributed by atoms with E-state index in [4.69, 9.17) is 0 Å². The molecule has 0 aliphatic rings. The molecule has 9 heteroatoms. The van der Waals surface area contributed by atoms with Crippen LogP contribution in [0.5, 0.6) is 5.75 Å². The van der Waals surface area contributed by atoms with Crippen molar-refractivity contribution in [1.82, 2.24) is 14.7 Å². The standard InChI is InChI=1S/C18H23F3N4O2/c1-11-16(12(2)25(5)23-11)22-17(26)13(3)24(4)10-14-6-8-15(9-7-14)27-18(19,20)21/h6-9,13H,10H2,1-5H3,(H,22,26)/t13-/m1/s1. The summed E-state index contributed by atoms with van der Waals surface area (Å²) in [7, 11) is 3.58. The Labute approximate surface area is 155 Å². The molecule has 1 aromatic heterocycles. The lowest BCUT2D eigenvalue weighted by Gasteiger charge is -2.24. The zero-order valence-electron chi connectivity index (χ0n) is 15.9. The number of nitrogens with zero attached hydrogens (tertiary/aromatic N) is 3. The Kier molecular flexibility index (Phi) is 6.15. The minimum absolute atomic E-state index is 0.186. The number of anilines is 1. The van der Waals surface area contributed by atoms with Gasteiger partial charge < -0.3 is 10.1 Å². The molecule has 0 radical (unpaired) electrons. The lowest BCUT2D eigenvalue weighted by atomic mass is 10.1. The summed E-state index contributed by atoms with van der Waals surface area (Å²) in [6.45, 7) is 5.85. The fraction of sp³-hybridized carbons (Fsp3) is 0.444. The number of alkyl halides is 3. The largest absolute Gasteiger partial charge is 0.573 e. The summed E-state index contributed by atoms with van der Waals surface area (Å²) in [5, 5.41) is 7.16. The molecular formula is C18H23F3N4O2. The van der Waals surface area contributed by atoms with Gasteiger partial charge in [-0.1, -0.05) is 12.1 Å². The third-order valence-corrected chi connectivity index (χ3v) is 4.39. The van der Waals surface area contributed by atoms with Crippen LogP contribution in [0.2, 0.25) is 0 Å². The molecular weight excluding hydrogens is 361 g/mol. The molecule has 1 atom stereocenters. The molecule has 0 saturated carbocycles. The number of carbonyl (C=O) groups excluding carboxylic acids is 1. The molecule has 27 heavy (non-hydrogen) atoms. The lowest BCUT2D eigenvalue weighted by Crippen LogP contribution is -2.39. The number of carbonyl (C=O) groups is 1. The molecule has 148 valence electrons. The van der Waals surface area contributed by atoms with E-state index in [2.05, 4.69) is 15.2 Å². The molecule has 2 aromatic rings. The second kappa shape index (κ2) is 7.99. The Morgan fingerprint density at radius 1 is 1.30 bits per heavy atom. The highest BCUT2D eigenvalue weighted by molar-refractivity contribution is 5.95. The highest BCUT2D eigenvalue weighted by Gasteiger charge is 2.31. The molecule has 0 bridgehead atoms. The van der Waals surface area contributed by atoms with E-state index in [0.717, 1.165) is 17.0 Å². The first-order valence-electron chi connectivity index (χ1n) is 8.34. The molecule has 0 fully saturated rings. The van der Waals surface area contributed by atoms with E-state index < -0.39 is 12.4 Å². The number of aromatic nitrogens is 2. The monoisotopic (exact) mass is 384 g/mol. The van der Waals surface area contributed by atoms with Gasteiger partial charge in [-0.05, 0) is 45.5 Å². The smallest absolute Gasteiger partial charge is 0.406 e. The van der Waals surface area contributed by atoms with E-state index in [9.17, 15) is 18.0 Å². The van der Waals surface area contributed by atoms with Crippen LogP contribution in [-0.2, 0) is 18.4 Å². The van der Waals surface area contributed by atoms with Gasteiger partial charge in [0.1, 0.15) is 5.75 Å². The summed E-state index contributed by atoms with van der Waals surface area (Å²) in [4.78, 5) is 14.3. The van der Waals surface area contributed by atoms with Crippen LogP contribution in [0, 0.1) is 13.8 Å². The summed E-state index contributed by atoms with van der Waals surface area (Å²) >= 11 is 0. The molecule has 2 rings (SSSR count). The maximum atomic E-state index is 12.5. The average molecular weight is 384 g/mol. The van der Waals surface area contributed by atoms with Crippen molar-refractivity contribution in [3.63, 3.8) is 0 Å². The van der Waals surface area contributed by atoms with Gasteiger partial charge in [-0.3, -0.25) is 14.4 Å². The number of likely N-dealkylation sites (N-methyl/N-ethyl adjacent to an activating group) is 1. The van der Waals surface area contributed by atoms with E-state index in [1.54, 1.807) is 30.6 Å². The van der Waals surface area contributed by atoms with E-state index in [-0.39, 0.29) is 11.7 Å². The van der Waals surface area contributed by atoms with Crippen molar-refractivity contribution in [3.05, 3.63) is 41.2 Å². The summed E-state index contributed by atoms with van der Waals surface area (Å²) < 4.78 is 42.2. The Morgan fingerprint density at radius 3 is 2.37 bits per heavy atom. The molecule has 0 aliphatic heterocycles. The van der Waals surface area contributed by atoms with Crippen molar-refractivity contribution in [3.8, 4) is 5.75 Å². The summed E-state index contributed by atoms with van der Waals surface area (Å²) in [5.74, 6) is -0.462. The fourth-order valence-electron chi connectivity index (χ4n) is 2.60. The Morgan fingerprint density at radius 2 is 1.89 bits per heavy atom. The quantitative estimate of drug-likeness (QED) is 0.829. The molecule has 0 aliphatic carbocycles. The molecule has 0 unspecified atom stereocenters. The van der Waals surface area contributed by atoms with Crippen LogP contribution in [-0.4, -0.2) is 40.0 Å². The molecule has 1 aromatic carbocycles. The summed E-state index contributed by atoms with van der Waals surface area (Å²) in [5.41, 5.74) is 3.05. The van der Waals surface area contributed by atoms with Crippen molar-refractivity contribution in [1.29, 1.82) is 0 Å². The van der Waals surface area contributed by atoms with E-state index in [1.807, 2.05) is 13.8 Å². The van der Waals surface area contributed by atoms with Crippen molar-refractivity contribution >= 4 is 11.6 Å². The first kappa shape index (κ1) is 20.8. The predicted octanol–water partition coefficient (Wildman–Crippen LogP) is 3.39. The molecule has 6 nitrogen and oxygen atoms in total. The predicted molar refractivity (Wildman–Crippen MR) is 95.4 cm³/mol. The van der Waals surface area contributed by atoms with Crippen molar-refractivity contribution < 1.29 is 22.7 Å². The molecule has 1 amide bonds. The summed E-state index contributed by atoms with van der Waals surface area (Å²) in [6, 6.07) is 5.14. The third-order valence-electron chi connectivity index (χ3n) is 4.39. The number of aryl methyl sites for hydroxylation is 2. The number of benzene rings is 1. The minimum atomic E-state index is -4.71. The van der Waals surface area contributed by atoms with Crippen LogP contribution in [0.1, 0.15) is 23.9 Å². The van der Waals surface area contributed by atoms with Gasteiger partial charge in [0, 0.05) is 13.6 Å². The van der Waals surface area contributed by atoms with Gasteiger partial charge in [0.05, 0.1) is 23.1 Å². The van der Waals surface area contributed by atoms with Crippen LogP contribution in [0.4, 0.5) is 18.9 Å². The zero-order chi connectivity index (χ0) is 20.4. The first-order chi connectivity index (χ1) is 12.5. The van der Waals surface area contributed by atoms with Gasteiger partial charge in [-0.2, -0.15) is 5.10 Å². The topological polar surface area (TPSA) is 59.4 Å². The number of amides is 1. The SMILES string of the molecule is Cc1nn(C)c(C)c1NC(=O)[C@@H](C)N(C)Cc1ccc(OC(F)(F)F)cc1. The molecule has 0 saturated heterocycles. The highest BCUT2D eigenvalue weighted by Crippen LogP contribution is 2.23. The van der Waals surface area contributed by atoms with Gasteiger partial charge in [-0.25, -0.2) is 0 Å². The lowest BCUT2D eigenvalue weighted by molar-refractivity contribution is -0.274. The van der Waals surface area contributed by atoms with Crippen LogP contribution in [0.15, 0.2) is 24.3 Å². The number of nitrogens with one attached hydrogen (secondary N) is 1. The average Bonchev–Trinajstić information content (AvgIpc) is 2.80. The number of halogens is 3. The summed E-state index contributed by atoms with van der Waals surface area (Å²) in [6.07, 6.45) is -4.71. The van der Waals surface area contributed by atoms with Gasteiger partial charge in [0.25, 0.3) is 0 Å². The van der Waals surface area contributed by atoms with E-state index in [1.165, 1.54) is 24.3 Å². The maximum absolute atomic E-state index is 12.5. The Bertz CT molecular complexity index is 800. The minimum Gasteiger partial charge on any atom is -0.406 e. The number of rotatable bonds is 6. The van der Waals surface area contributed by atoms with Crippen LogP contribution < -0.4 is 10.1 Å². The van der Waals surface area contributed by atoms with Crippen LogP contribution in [0.25, 0.3) is 0 Å². The van der Waals surface area contributed by atoms with E-state index in [0.29, 0.717) is 12.2 Å². The van der Waals surface area contributed by atoms with Gasteiger partial charge in [0.15, 0.2) is 0 Å². The van der Waals surface area contributed by atoms with E-state index >= 15 is 0 Å². The van der Waals surface area contributed by atoms with Crippen LogP contribution in [0.3, 0.4) is 0 Å². The number of ether oxygens (including phenoxy) is 1. The highest BCUT2D eigenvalue weighted by atomic mass is 19.4. The molecule has 1 heterocycles.